The summed E-state index contributed by atoms with van der Waals surface area (Å²) >= 11 is 0. The molecule has 1 aliphatic rings. The third kappa shape index (κ3) is 3.57. The third-order valence-corrected chi connectivity index (χ3v) is 5.45. The molecule has 1 aromatic rings. The number of anilines is 1. The zero-order valence-electron chi connectivity index (χ0n) is 13.6. The van der Waals surface area contributed by atoms with Crippen LogP contribution in [0.4, 0.5) is 10.1 Å². The molecule has 0 bridgehead atoms. The van der Waals surface area contributed by atoms with Crippen molar-refractivity contribution in [3.8, 4) is 0 Å². The van der Waals surface area contributed by atoms with Crippen LogP contribution in [0.1, 0.15) is 46.0 Å². The van der Waals surface area contributed by atoms with Crippen molar-refractivity contribution in [3.63, 3.8) is 0 Å². The van der Waals surface area contributed by atoms with Crippen molar-refractivity contribution in [2.45, 2.75) is 51.5 Å². The Morgan fingerprint density at radius 3 is 2.48 bits per heavy atom. The molecule has 2 unspecified atom stereocenters. The lowest BCUT2D eigenvalue weighted by Gasteiger charge is -2.42. The Hall–Kier alpha value is -1.09. The van der Waals surface area contributed by atoms with E-state index in [0.717, 1.165) is 30.4 Å². The maximum atomic E-state index is 13.1. The summed E-state index contributed by atoms with van der Waals surface area (Å²) in [5, 5.41) is 0. The van der Waals surface area contributed by atoms with Gasteiger partial charge in [0, 0.05) is 19.3 Å². The molecule has 21 heavy (non-hydrogen) atoms. The standard InChI is InChI=1S/C18H29FN2/c1-14(2)15-5-4-11-18(13-20,12-10-15)21(3)17-8-6-16(19)7-9-17/h6-9,14-15H,4-5,10-13,20H2,1-3H3. The molecule has 2 rings (SSSR count). The van der Waals surface area contributed by atoms with E-state index >= 15 is 0 Å². The number of halogens is 1. The highest BCUT2D eigenvalue weighted by atomic mass is 19.1. The lowest BCUT2D eigenvalue weighted by Crippen LogP contribution is -2.52. The molecule has 0 aromatic heterocycles. The van der Waals surface area contributed by atoms with E-state index in [2.05, 4.69) is 25.8 Å². The zero-order valence-corrected chi connectivity index (χ0v) is 13.6. The molecule has 0 spiro atoms. The molecule has 1 aliphatic carbocycles. The third-order valence-electron chi connectivity index (χ3n) is 5.45. The predicted molar refractivity (Wildman–Crippen MR) is 88.0 cm³/mol. The van der Waals surface area contributed by atoms with Crippen molar-refractivity contribution in [2.75, 3.05) is 18.5 Å². The largest absolute Gasteiger partial charge is 0.368 e. The minimum atomic E-state index is -0.185. The van der Waals surface area contributed by atoms with Gasteiger partial charge in [0.25, 0.3) is 0 Å². The molecule has 118 valence electrons. The van der Waals surface area contributed by atoms with Crippen molar-refractivity contribution in [1.82, 2.24) is 0 Å². The Labute approximate surface area is 128 Å². The molecule has 1 aromatic carbocycles. The van der Waals surface area contributed by atoms with Gasteiger partial charge in [-0.3, -0.25) is 0 Å². The van der Waals surface area contributed by atoms with Gasteiger partial charge in [0.2, 0.25) is 0 Å². The Kier molecular flexibility index (Phi) is 5.26. The number of nitrogens with two attached hydrogens (primary N) is 1. The van der Waals surface area contributed by atoms with Crippen LogP contribution < -0.4 is 10.6 Å². The maximum absolute atomic E-state index is 13.1. The summed E-state index contributed by atoms with van der Waals surface area (Å²) in [5.41, 5.74) is 7.26. The number of hydrogen-bond donors (Lipinski definition) is 1. The number of benzene rings is 1. The number of likely N-dealkylation sites (N-methyl/N-ethyl adjacent to an activating group) is 1. The van der Waals surface area contributed by atoms with E-state index in [4.69, 9.17) is 5.73 Å². The second kappa shape index (κ2) is 6.78. The van der Waals surface area contributed by atoms with Crippen LogP contribution in [0.5, 0.6) is 0 Å². The number of rotatable bonds is 4. The van der Waals surface area contributed by atoms with Gasteiger partial charge in [-0.1, -0.05) is 26.7 Å². The monoisotopic (exact) mass is 292 g/mol. The molecule has 2 N–H and O–H groups in total. The maximum Gasteiger partial charge on any atom is 0.123 e. The second-order valence-corrected chi connectivity index (χ2v) is 6.90. The van der Waals surface area contributed by atoms with Crippen molar-refractivity contribution >= 4 is 5.69 Å². The van der Waals surface area contributed by atoms with Crippen LogP contribution in [0.25, 0.3) is 0 Å². The fourth-order valence-electron chi connectivity index (χ4n) is 3.70. The summed E-state index contributed by atoms with van der Waals surface area (Å²) in [4.78, 5) is 2.29. The van der Waals surface area contributed by atoms with E-state index in [-0.39, 0.29) is 11.4 Å². The van der Waals surface area contributed by atoms with Crippen molar-refractivity contribution in [2.24, 2.45) is 17.6 Å². The summed E-state index contributed by atoms with van der Waals surface area (Å²) in [6.45, 7) is 5.30. The molecule has 0 radical (unpaired) electrons. The van der Waals surface area contributed by atoms with E-state index in [9.17, 15) is 4.39 Å². The average molecular weight is 292 g/mol. The van der Waals surface area contributed by atoms with Crippen molar-refractivity contribution < 1.29 is 4.39 Å². The molecule has 3 heteroatoms. The normalized spacial score (nSPS) is 26.7. The molecule has 1 fully saturated rings. The molecule has 0 amide bonds. The SMILES string of the molecule is CC(C)C1CCCC(CN)(N(C)c2ccc(F)cc2)CC1. The molecular formula is C18H29FN2. The lowest BCUT2D eigenvalue weighted by atomic mass is 9.85. The number of nitrogens with zero attached hydrogens (tertiary/aromatic N) is 1. The number of hydrogen-bond acceptors (Lipinski definition) is 2. The molecule has 0 heterocycles. The first kappa shape index (κ1) is 16.3. The lowest BCUT2D eigenvalue weighted by molar-refractivity contribution is 0.320. The second-order valence-electron chi connectivity index (χ2n) is 6.90. The highest BCUT2D eigenvalue weighted by Gasteiger charge is 2.36. The fourth-order valence-corrected chi connectivity index (χ4v) is 3.70. The van der Waals surface area contributed by atoms with Gasteiger partial charge in [0.15, 0.2) is 0 Å². The van der Waals surface area contributed by atoms with Gasteiger partial charge in [-0.2, -0.15) is 0 Å². The first-order chi connectivity index (χ1) is 9.98. The first-order valence-electron chi connectivity index (χ1n) is 8.18. The minimum Gasteiger partial charge on any atom is -0.368 e. The smallest absolute Gasteiger partial charge is 0.123 e. The summed E-state index contributed by atoms with van der Waals surface area (Å²) in [6, 6.07) is 6.78. The van der Waals surface area contributed by atoms with Crippen LogP contribution in [-0.4, -0.2) is 19.1 Å². The van der Waals surface area contributed by atoms with E-state index in [1.165, 1.54) is 31.4 Å². The Bertz CT molecular complexity index is 443. The summed E-state index contributed by atoms with van der Waals surface area (Å²) in [7, 11) is 2.11. The van der Waals surface area contributed by atoms with E-state index in [0.29, 0.717) is 6.54 Å². The molecular weight excluding hydrogens is 263 g/mol. The van der Waals surface area contributed by atoms with Crippen LogP contribution >= 0.6 is 0 Å². The highest BCUT2D eigenvalue weighted by molar-refractivity contribution is 5.48. The van der Waals surface area contributed by atoms with Gasteiger partial charge in [-0.25, -0.2) is 4.39 Å². The van der Waals surface area contributed by atoms with Crippen LogP contribution in [0.3, 0.4) is 0 Å². The molecule has 0 saturated heterocycles. The Balaban J connectivity index is 2.18. The molecule has 1 saturated carbocycles. The van der Waals surface area contributed by atoms with Crippen LogP contribution in [-0.2, 0) is 0 Å². The summed E-state index contributed by atoms with van der Waals surface area (Å²) < 4.78 is 13.1. The van der Waals surface area contributed by atoms with Gasteiger partial charge in [0.05, 0.1) is 5.54 Å². The first-order valence-corrected chi connectivity index (χ1v) is 8.18. The zero-order chi connectivity index (χ0) is 15.5. The van der Waals surface area contributed by atoms with E-state index in [1.807, 2.05) is 12.1 Å². The fraction of sp³-hybridized carbons (Fsp3) is 0.667. The Morgan fingerprint density at radius 2 is 1.90 bits per heavy atom. The predicted octanol–water partition coefficient (Wildman–Crippen LogP) is 4.20. The summed E-state index contributed by atoms with van der Waals surface area (Å²) in [6.07, 6.45) is 6.02. The van der Waals surface area contributed by atoms with Crippen molar-refractivity contribution in [1.29, 1.82) is 0 Å². The van der Waals surface area contributed by atoms with Gasteiger partial charge in [0.1, 0.15) is 5.82 Å². The van der Waals surface area contributed by atoms with Gasteiger partial charge < -0.3 is 10.6 Å². The highest BCUT2D eigenvalue weighted by Crippen LogP contribution is 2.38. The summed E-state index contributed by atoms with van der Waals surface area (Å²) in [5.74, 6) is 1.37. The van der Waals surface area contributed by atoms with Crippen molar-refractivity contribution in [3.05, 3.63) is 30.1 Å². The molecule has 0 aliphatic heterocycles. The molecule has 2 atom stereocenters. The molecule has 2 nitrogen and oxygen atoms in total. The average Bonchev–Trinajstić information content (AvgIpc) is 2.71. The van der Waals surface area contributed by atoms with Crippen LogP contribution in [0.2, 0.25) is 0 Å². The van der Waals surface area contributed by atoms with Crippen LogP contribution in [0.15, 0.2) is 24.3 Å². The van der Waals surface area contributed by atoms with E-state index < -0.39 is 0 Å². The topological polar surface area (TPSA) is 29.3 Å². The van der Waals surface area contributed by atoms with Gasteiger partial charge >= 0.3 is 0 Å². The van der Waals surface area contributed by atoms with Gasteiger partial charge in [-0.05, 0) is 55.4 Å². The van der Waals surface area contributed by atoms with E-state index in [1.54, 1.807) is 0 Å². The Morgan fingerprint density at radius 1 is 1.24 bits per heavy atom. The minimum absolute atomic E-state index is 0.0153. The quantitative estimate of drug-likeness (QED) is 0.843. The van der Waals surface area contributed by atoms with Gasteiger partial charge in [-0.15, -0.1) is 0 Å². The van der Waals surface area contributed by atoms with Crippen LogP contribution in [0, 0.1) is 17.7 Å².